The highest BCUT2D eigenvalue weighted by Crippen LogP contribution is 2.17. The fourth-order valence-corrected chi connectivity index (χ4v) is 4.16. The quantitative estimate of drug-likeness (QED) is 0.340. The molecule has 0 aliphatic rings. The van der Waals surface area contributed by atoms with Crippen molar-refractivity contribution in [3.63, 3.8) is 0 Å². The van der Waals surface area contributed by atoms with Gasteiger partial charge in [-0.1, -0.05) is 18.6 Å². The smallest absolute Gasteiger partial charge is 0.334 e. The third-order valence-corrected chi connectivity index (χ3v) is 5.45. The van der Waals surface area contributed by atoms with Crippen LogP contribution >= 0.6 is 0 Å². The second-order valence-electron chi connectivity index (χ2n) is 3.81. The van der Waals surface area contributed by atoms with Crippen LogP contribution in [0.2, 0.25) is 12.6 Å². The van der Waals surface area contributed by atoms with Crippen LogP contribution in [0.25, 0.3) is 0 Å². The van der Waals surface area contributed by atoms with Crippen LogP contribution in [0.3, 0.4) is 0 Å². The second kappa shape index (κ2) is 9.13. The highest BCUT2D eigenvalue weighted by Gasteiger charge is 2.29. The van der Waals surface area contributed by atoms with Crippen molar-refractivity contribution in [1.29, 1.82) is 0 Å². The van der Waals surface area contributed by atoms with Crippen LogP contribution < -0.4 is 0 Å². The van der Waals surface area contributed by atoms with Gasteiger partial charge in [-0.3, -0.25) is 0 Å². The topological polar surface area (TPSA) is 18.5 Å². The van der Waals surface area contributed by atoms with Gasteiger partial charge in [-0.25, -0.2) is 0 Å². The van der Waals surface area contributed by atoms with Crippen LogP contribution in [0, 0.1) is 0 Å². The summed E-state index contributed by atoms with van der Waals surface area (Å²) in [7, 11) is -1.83. The minimum atomic E-state index is -1.83. The van der Waals surface area contributed by atoms with Gasteiger partial charge in [0, 0.05) is 13.2 Å². The molecule has 0 bridgehead atoms. The SMILES string of the molecule is CC=CCCCC[Si](C)(OCC)OCC. The fraction of sp³-hybridized carbons (Fsp3) is 0.833. The monoisotopic (exact) mass is 230 g/mol. The van der Waals surface area contributed by atoms with Crippen LogP contribution in [0.1, 0.15) is 40.0 Å². The molecule has 0 unspecified atom stereocenters. The van der Waals surface area contributed by atoms with Crippen LogP contribution in [0.4, 0.5) is 0 Å². The molecule has 0 aliphatic carbocycles. The van der Waals surface area contributed by atoms with Gasteiger partial charge < -0.3 is 8.85 Å². The van der Waals surface area contributed by atoms with Crippen molar-refractivity contribution in [3.05, 3.63) is 12.2 Å². The van der Waals surface area contributed by atoms with Crippen LogP contribution in [-0.4, -0.2) is 21.8 Å². The van der Waals surface area contributed by atoms with Crippen molar-refractivity contribution >= 4 is 8.56 Å². The lowest BCUT2D eigenvalue weighted by Crippen LogP contribution is -2.38. The molecule has 15 heavy (non-hydrogen) atoms. The Labute approximate surface area is 95.9 Å². The van der Waals surface area contributed by atoms with Gasteiger partial charge in [0.25, 0.3) is 0 Å². The maximum atomic E-state index is 5.78. The van der Waals surface area contributed by atoms with Gasteiger partial charge >= 0.3 is 8.56 Å². The predicted molar refractivity (Wildman–Crippen MR) is 68.3 cm³/mol. The van der Waals surface area contributed by atoms with E-state index in [2.05, 4.69) is 25.6 Å². The summed E-state index contributed by atoms with van der Waals surface area (Å²) in [6.07, 6.45) is 7.97. The molecule has 0 aliphatic heterocycles. The molecular formula is C12H26O2Si. The Hall–Kier alpha value is -0.123. The Morgan fingerprint density at radius 1 is 1.07 bits per heavy atom. The Balaban J connectivity index is 3.74. The van der Waals surface area contributed by atoms with Crippen molar-refractivity contribution in [2.75, 3.05) is 13.2 Å². The summed E-state index contributed by atoms with van der Waals surface area (Å²) >= 11 is 0. The normalized spacial score (nSPS) is 12.5. The standard InChI is InChI=1S/C12H26O2Si/c1-5-8-9-10-11-12-15(4,13-6-2)14-7-3/h5,8H,6-7,9-12H2,1-4H3. The zero-order chi connectivity index (χ0) is 11.6. The van der Waals surface area contributed by atoms with E-state index in [-0.39, 0.29) is 0 Å². The highest BCUT2D eigenvalue weighted by molar-refractivity contribution is 6.66. The van der Waals surface area contributed by atoms with E-state index in [1.165, 1.54) is 19.3 Å². The molecule has 2 nitrogen and oxygen atoms in total. The average Bonchev–Trinajstić information content (AvgIpc) is 2.18. The first-order chi connectivity index (χ1) is 7.18. The lowest BCUT2D eigenvalue weighted by atomic mass is 10.2. The van der Waals surface area contributed by atoms with E-state index in [4.69, 9.17) is 8.85 Å². The van der Waals surface area contributed by atoms with Gasteiger partial charge in [0.15, 0.2) is 0 Å². The molecule has 0 fully saturated rings. The fourth-order valence-electron chi connectivity index (χ4n) is 1.67. The van der Waals surface area contributed by atoms with Crippen LogP contribution in [-0.2, 0) is 8.85 Å². The molecular weight excluding hydrogens is 204 g/mol. The van der Waals surface area contributed by atoms with Crippen LogP contribution in [0.15, 0.2) is 12.2 Å². The van der Waals surface area contributed by atoms with E-state index < -0.39 is 8.56 Å². The summed E-state index contributed by atoms with van der Waals surface area (Å²) < 4.78 is 11.6. The Bertz CT molecular complexity index is 163. The molecule has 0 N–H and O–H groups in total. The maximum absolute atomic E-state index is 5.78. The molecule has 0 amide bonds. The van der Waals surface area contributed by atoms with E-state index in [1.54, 1.807) is 0 Å². The molecule has 0 aromatic heterocycles. The Morgan fingerprint density at radius 2 is 1.67 bits per heavy atom. The number of hydrogen-bond donors (Lipinski definition) is 0. The first-order valence-corrected chi connectivity index (χ1v) is 8.60. The minimum absolute atomic E-state index is 0.775. The molecule has 3 heteroatoms. The summed E-state index contributed by atoms with van der Waals surface area (Å²) in [4.78, 5) is 0. The second-order valence-corrected chi connectivity index (χ2v) is 7.16. The van der Waals surface area contributed by atoms with Gasteiger partial charge in [0.05, 0.1) is 0 Å². The minimum Gasteiger partial charge on any atom is -0.395 e. The number of allylic oxidation sites excluding steroid dienone is 2. The summed E-state index contributed by atoms with van der Waals surface area (Å²) in [6, 6.07) is 1.12. The maximum Gasteiger partial charge on any atom is 0.334 e. The van der Waals surface area contributed by atoms with E-state index in [9.17, 15) is 0 Å². The van der Waals surface area contributed by atoms with E-state index >= 15 is 0 Å². The van der Waals surface area contributed by atoms with E-state index in [0.29, 0.717) is 0 Å². The molecule has 0 spiro atoms. The summed E-state index contributed by atoms with van der Waals surface area (Å²) in [5, 5.41) is 0. The van der Waals surface area contributed by atoms with Gasteiger partial charge in [-0.05, 0) is 46.2 Å². The first-order valence-electron chi connectivity index (χ1n) is 6.07. The number of unbranched alkanes of at least 4 members (excludes halogenated alkanes) is 2. The molecule has 0 heterocycles. The zero-order valence-electron chi connectivity index (χ0n) is 10.7. The Kier molecular flexibility index (Phi) is 9.05. The van der Waals surface area contributed by atoms with Crippen molar-refractivity contribution in [3.8, 4) is 0 Å². The van der Waals surface area contributed by atoms with Crippen molar-refractivity contribution in [2.24, 2.45) is 0 Å². The largest absolute Gasteiger partial charge is 0.395 e. The third-order valence-electron chi connectivity index (χ3n) is 2.39. The zero-order valence-corrected chi connectivity index (χ0v) is 11.7. The molecule has 0 rings (SSSR count). The molecule has 90 valence electrons. The molecule has 0 aromatic rings. The number of hydrogen-bond acceptors (Lipinski definition) is 2. The van der Waals surface area contributed by atoms with Crippen LogP contribution in [0.5, 0.6) is 0 Å². The Morgan fingerprint density at radius 3 is 2.13 bits per heavy atom. The van der Waals surface area contributed by atoms with Gasteiger partial charge in [0.1, 0.15) is 0 Å². The van der Waals surface area contributed by atoms with E-state index in [1.807, 2.05) is 13.8 Å². The molecule has 0 aromatic carbocycles. The van der Waals surface area contributed by atoms with Crippen molar-refractivity contribution in [1.82, 2.24) is 0 Å². The lowest BCUT2D eigenvalue weighted by Gasteiger charge is -2.25. The molecule has 0 radical (unpaired) electrons. The van der Waals surface area contributed by atoms with Gasteiger partial charge in [-0.2, -0.15) is 0 Å². The summed E-state index contributed by atoms with van der Waals surface area (Å²) in [5.41, 5.74) is 0. The molecule has 0 saturated carbocycles. The van der Waals surface area contributed by atoms with Gasteiger partial charge in [-0.15, -0.1) is 0 Å². The van der Waals surface area contributed by atoms with Crippen molar-refractivity contribution in [2.45, 2.75) is 52.6 Å². The third kappa shape index (κ3) is 7.77. The van der Waals surface area contributed by atoms with E-state index in [0.717, 1.165) is 19.3 Å². The first kappa shape index (κ1) is 14.9. The summed E-state index contributed by atoms with van der Waals surface area (Å²) in [5.74, 6) is 0. The molecule has 0 atom stereocenters. The number of rotatable bonds is 9. The summed E-state index contributed by atoms with van der Waals surface area (Å²) in [6.45, 7) is 9.89. The van der Waals surface area contributed by atoms with Crippen molar-refractivity contribution < 1.29 is 8.85 Å². The lowest BCUT2D eigenvalue weighted by molar-refractivity contribution is 0.188. The average molecular weight is 230 g/mol. The molecule has 0 saturated heterocycles. The van der Waals surface area contributed by atoms with Gasteiger partial charge in [0.2, 0.25) is 0 Å². The highest BCUT2D eigenvalue weighted by atomic mass is 28.4. The predicted octanol–water partition coefficient (Wildman–Crippen LogP) is 3.88.